The van der Waals surface area contributed by atoms with Crippen molar-refractivity contribution in [3.63, 3.8) is 0 Å². The molecule has 0 aliphatic heterocycles. The van der Waals surface area contributed by atoms with E-state index in [4.69, 9.17) is 5.11 Å². The predicted octanol–water partition coefficient (Wildman–Crippen LogP) is 1.58. The molecule has 0 unspecified atom stereocenters. The van der Waals surface area contributed by atoms with E-state index in [0.717, 1.165) is 22.0 Å². The van der Waals surface area contributed by atoms with E-state index >= 15 is 0 Å². The van der Waals surface area contributed by atoms with E-state index in [9.17, 15) is 0 Å². The first-order valence-electron chi connectivity index (χ1n) is 4.43. The summed E-state index contributed by atoms with van der Waals surface area (Å²) >= 11 is 0. The van der Waals surface area contributed by atoms with Gasteiger partial charge in [0.15, 0.2) is 0 Å². The van der Waals surface area contributed by atoms with Crippen LogP contribution in [-0.4, -0.2) is 21.5 Å². The number of fused-ring (bicyclic) bond motifs is 1. The second-order valence-corrected chi connectivity index (χ2v) is 3.30. The lowest BCUT2D eigenvalue weighted by atomic mass is 10.1. The molecule has 1 aromatic carbocycles. The summed E-state index contributed by atoms with van der Waals surface area (Å²) in [6, 6.07) is 5.92. The van der Waals surface area contributed by atoms with Gasteiger partial charge in [-0.25, -0.2) is 0 Å². The molecule has 2 rings (SSSR count). The Kier molecular flexibility index (Phi) is 2.09. The van der Waals surface area contributed by atoms with Crippen molar-refractivity contribution >= 4 is 16.5 Å². The molecule has 2 aromatic rings. The first-order valence-corrected chi connectivity index (χ1v) is 4.43. The molecule has 0 aliphatic rings. The molecular weight excluding hydrogens is 176 g/mol. The number of rotatable bonds is 2. The average molecular weight is 188 g/mol. The third kappa shape index (κ3) is 1.32. The molecule has 1 N–H and O–H groups in total. The topological polar surface area (TPSA) is 38.1 Å². The normalized spacial score (nSPS) is 10.7. The SMILES string of the molecule is C=C(CO)c1ccc2c(cnn2C)c1. The van der Waals surface area contributed by atoms with Gasteiger partial charge in [0.1, 0.15) is 0 Å². The summed E-state index contributed by atoms with van der Waals surface area (Å²) in [6.45, 7) is 3.77. The number of hydrogen-bond acceptors (Lipinski definition) is 2. The van der Waals surface area contributed by atoms with Crippen molar-refractivity contribution in [2.24, 2.45) is 7.05 Å². The Morgan fingerprint density at radius 1 is 1.57 bits per heavy atom. The first-order chi connectivity index (χ1) is 6.72. The minimum atomic E-state index is -0.00817. The van der Waals surface area contributed by atoms with E-state index in [1.54, 1.807) is 0 Å². The van der Waals surface area contributed by atoms with Gasteiger partial charge < -0.3 is 5.11 Å². The van der Waals surface area contributed by atoms with E-state index < -0.39 is 0 Å². The highest BCUT2D eigenvalue weighted by molar-refractivity contribution is 5.83. The van der Waals surface area contributed by atoms with Gasteiger partial charge in [-0.15, -0.1) is 0 Å². The van der Waals surface area contributed by atoms with Gasteiger partial charge in [0.05, 0.1) is 18.3 Å². The van der Waals surface area contributed by atoms with Crippen LogP contribution in [0.2, 0.25) is 0 Å². The number of aliphatic hydroxyl groups is 1. The molecule has 0 saturated carbocycles. The van der Waals surface area contributed by atoms with Gasteiger partial charge >= 0.3 is 0 Å². The van der Waals surface area contributed by atoms with Crippen LogP contribution in [0.3, 0.4) is 0 Å². The van der Waals surface area contributed by atoms with Crippen molar-refractivity contribution in [1.29, 1.82) is 0 Å². The zero-order chi connectivity index (χ0) is 10.1. The van der Waals surface area contributed by atoms with Crippen molar-refractivity contribution in [3.8, 4) is 0 Å². The van der Waals surface area contributed by atoms with Gasteiger partial charge in [-0.3, -0.25) is 4.68 Å². The Balaban J connectivity index is 2.57. The fraction of sp³-hybridized carbons (Fsp3) is 0.182. The lowest BCUT2D eigenvalue weighted by Gasteiger charge is -2.02. The van der Waals surface area contributed by atoms with E-state index in [0.29, 0.717) is 0 Å². The maximum atomic E-state index is 8.95. The Morgan fingerprint density at radius 3 is 3.07 bits per heavy atom. The van der Waals surface area contributed by atoms with Crippen molar-refractivity contribution in [2.75, 3.05) is 6.61 Å². The standard InChI is InChI=1S/C11H12N2O/c1-8(7-14)9-3-4-11-10(5-9)6-12-13(11)2/h3-6,14H,1,7H2,2H3. The number of benzene rings is 1. The zero-order valence-electron chi connectivity index (χ0n) is 8.07. The number of hydrogen-bond donors (Lipinski definition) is 1. The molecule has 0 aliphatic carbocycles. The summed E-state index contributed by atoms with van der Waals surface area (Å²) in [5.41, 5.74) is 2.78. The molecule has 0 spiro atoms. The van der Waals surface area contributed by atoms with Crippen molar-refractivity contribution in [2.45, 2.75) is 0 Å². The van der Waals surface area contributed by atoms with E-state index in [1.165, 1.54) is 0 Å². The van der Waals surface area contributed by atoms with Crippen LogP contribution in [0.5, 0.6) is 0 Å². The van der Waals surface area contributed by atoms with Gasteiger partial charge in [-0.2, -0.15) is 5.10 Å². The Morgan fingerprint density at radius 2 is 2.36 bits per heavy atom. The van der Waals surface area contributed by atoms with Crippen molar-refractivity contribution in [1.82, 2.24) is 9.78 Å². The van der Waals surface area contributed by atoms with Gasteiger partial charge in [-0.1, -0.05) is 12.6 Å². The Labute approximate surface area is 82.3 Å². The molecule has 14 heavy (non-hydrogen) atoms. The summed E-state index contributed by atoms with van der Waals surface area (Å²) in [7, 11) is 1.91. The second-order valence-electron chi connectivity index (χ2n) is 3.30. The molecule has 0 bridgehead atoms. The minimum absolute atomic E-state index is 0.00817. The predicted molar refractivity (Wildman–Crippen MR) is 56.8 cm³/mol. The number of nitrogens with zero attached hydrogens (tertiary/aromatic N) is 2. The van der Waals surface area contributed by atoms with Crippen LogP contribution >= 0.6 is 0 Å². The fourth-order valence-electron chi connectivity index (χ4n) is 1.47. The highest BCUT2D eigenvalue weighted by Gasteiger charge is 2.02. The molecule has 3 heteroatoms. The first kappa shape index (κ1) is 8.97. The largest absolute Gasteiger partial charge is 0.392 e. The number of aliphatic hydroxyl groups excluding tert-OH is 1. The smallest absolute Gasteiger partial charge is 0.0681 e. The minimum Gasteiger partial charge on any atom is -0.392 e. The van der Waals surface area contributed by atoms with Gasteiger partial charge in [0.2, 0.25) is 0 Å². The zero-order valence-corrected chi connectivity index (χ0v) is 8.07. The Bertz CT molecular complexity index is 485. The molecule has 0 saturated heterocycles. The lowest BCUT2D eigenvalue weighted by molar-refractivity contribution is 0.350. The van der Waals surface area contributed by atoms with Crippen molar-refractivity contribution < 1.29 is 5.11 Å². The molecule has 0 atom stereocenters. The maximum absolute atomic E-state index is 8.95. The van der Waals surface area contributed by atoms with Crippen LogP contribution in [0, 0.1) is 0 Å². The van der Waals surface area contributed by atoms with Crippen molar-refractivity contribution in [3.05, 3.63) is 36.5 Å². The quantitative estimate of drug-likeness (QED) is 0.777. The van der Waals surface area contributed by atoms with E-state index in [-0.39, 0.29) is 6.61 Å². The third-order valence-corrected chi connectivity index (χ3v) is 2.35. The summed E-state index contributed by atoms with van der Waals surface area (Å²) < 4.78 is 1.82. The van der Waals surface area contributed by atoms with E-state index in [2.05, 4.69) is 11.7 Å². The molecule has 3 nitrogen and oxygen atoms in total. The average Bonchev–Trinajstić information content (AvgIpc) is 2.59. The van der Waals surface area contributed by atoms with Gasteiger partial charge in [0, 0.05) is 12.4 Å². The molecule has 0 fully saturated rings. The molecule has 1 aromatic heterocycles. The monoisotopic (exact) mass is 188 g/mol. The van der Waals surface area contributed by atoms with E-state index in [1.807, 2.05) is 36.1 Å². The molecule has 0 radical (unpaired) electrons. The van der Waals surface area contributed by atoms with Gasteiger partial charge in [0.25, 0.3) is 0 Å². The molecular formula is C11H12N2O. The van der Waals surface area contributed by atoms with Gasteiger partial charge in [-0.05, 0) is 23.3 Å². The van der Waals surface area contributed by atoms with Crippen LogP contribution in [-0.2, 0) is 7.05 Å². The van der Waals surface area contributed by atoms with Crippen LogP contribution < -0.4 is 0 Å². The lowest BCUT2D eigenvalue weighted by Crippen LogP contribution is -1.90. The highest BCUT2D eigenvalue weighted by atomic mass is 16.3. The summed E-state index contributed by atoms with van der Waals surface area (Å²) in [5.74, 6) is 0. The molecule has 0 amide bonds. The highest BCUT2D eigenvalue weighted by Crippen LogP contribution is 2.19. The molecule has 1 heterocycles. The number of aryl methyl sites for hydroxylation is 1. The maximum Gasteiger partial charge on any atom is 0.0681 e. The molecule has 72 valence electrons. The third-order valence-electron chi connectivity index (χ3n) is 2.35. The fourth-order valence-corrected chi connectivity index (χ4v) is 1.47. The Hall–Kier alpha value is -1.61. The summed E-state index contributed by atoms with van der Waals surface area (Å²) in [6.07, 6.45) is 1.81. The van der Waals surface area contributed by atoms with Crippen LogP contribution in [0.25, 0.3) is 16.5 Å². The number of aromatic nitrogens is 2. The van der Waals surface area contributed by atoms with Crippen LogP contribution in [0.15, 0.2) is 31.0 Å². The summed E-state index contributed by atoms with van der Waals surface area (Å²) in [4.78, 5) is 0. The van der Waals surface area contributed by atoms with Crippen LogP contribution in [0.4, 0.5) is 0 Å². The second kappa shape index (κ2) is 3.27. The summed E-state index contributed by atoms with van der Waals surface area (Å²) in [5, 5.41) is 14.2. The van der Waals surface area contributed by atoms with Crippen LogP contribution in [0.1, 0.15) is 5.56 Å².